The third kappa shape index (κ3) is 9.49. The van der Waals surface area contributed by atoms with Gasteiger partial charge < -0.3 is 24.7 Å². The van der Waals surface area contributed by atoms with Crippen molar-refractivity contribution in [1.82, 2.24) is 15.3 Å². The smallest absolute Gasteiger partial charge is 0.445 e. The normalized spacial score (nSPS) is 15.9. The van der Waals surface area contributed by atoms with Crippen LogP contribution in [0.1, 0.15) is 33.6 Å². The van der Waals surface area contributed by atoms with Crippen LogP contribution in [-0.4, -0.2) is 71.9 Å². The topological polar surface area (TPSA) is 159 Å². The molecule has 2 atom stereocenters. The van der Waals surface area contributed by atoms with E-state index in [2.05, 4.69) is 23.3 Å². The lowest BCUT2D eigenvalue weighted by molar-refractivity contribution is -0.143. The van der Waals surface area contributed by atoms with Gasteiger partial charge in [0.1, 0.15) is 24.9 Å². The molecular formula is C19H30N4O8. The SMILES string of the molecule is C=CCOC(=O)N(CCC[C@H](N)C(=O)OC(=O)OC(C)(C)C)C1NN1C(=O)OCC=C. The van der Waals surface area contributed by atoms with Gasteiger partial charge in [0, 0.05) is 6.54 Å². The minimum Gasteiger partial charge on any atom is -0.445 e. The highest BCUT2D eigenvalue weighted by molar-refractivity contribution is 5.85. The number of nitrogens with two attached hydrogens (primary N) is 1. The molecule has 31 heavy (non-hydrogen) atoms. The Hall–Kier alpha value is -3.12. The summed E-state index contributed by atoms with van der Waals surface area (Å²) in [5.74, 6) is -0.950. The Bertz CT molecular complexity index is 691. The predicted octanol–water partition coefficient (Wildman–Crippen LogP) is 1.62. The van der Waals surface area contributed by atoms with Crippen molar-refractivity contribution in [1.29, 1.82) is 0 Å². The van der Waals surface area contributed by atoms with E-state index in [-0.39, 0.29) is 32.6 Å². The first-order valence-corrected chi connectivity index (χ1v) is 9.57. The van der Waals surface area contributed by atoms with Gasteiger partial charge in [-0.05, 0) is 33.6 Å². The molecule has 0 aromatic heterocycles. The molecule has 0 radical (unpaired) electrons. The molecule has 1 aliphatic rings. The minimum atomic E-state index is -1.14. The molecule has 1 aliphatic heterocycles. The van der Waals surface area contributed by atoms with Gasteiger partial charge in [-0.2, -0.15) is 5.43 Å². The van der Waals surface area contributed by atoms with Crippen molar-refractivity contribution in [2.24, 2.45) is 5.73 Å². The molecule has 0 saturated carbocycles. The van der Waals surface area contributed by atoms with E-state index >= 15 is 0 Å². The number of hydrazine groups is 1. The molecule has 0 spiro atoms. The van der Waals surface area contributed by atoms with E-state index in [1.54, 1.807) is 20.8 Å². The maximum Gasteiger partial charge on any atom is 0.516 e. The molecule has 1 heterocycles. The summed E-state index contributed by atoms with van der Waals surface area (Å²) in [5, 5.41) is 1.09. The predicted molar refractivity (Wildman–Crippen MR) is 108 cm³/mol. The van der Waals surface area contributed by atoms with Crippen LogP contribution in [0.3, 0.4) is 0 Å². The van der Waals surface area contributed by atoms with E-state index < -0.39 is 42.2 Å². The molecule has 0 bridgehead atoms. The number of carbonyl (C=O) groups is 4. The van der Waals surface area contributed by atoms with E-state index in [4.69, 9.17) is 19.9 Å². The van der Waals surface area contributed by atoms with E-state index in [1.165, 1.54) is 17.1 Å². The summed E-state index contributed by atoms with van der Waals surface area (Å²) in [5.41, 5.74) is 7.62. The molecule has 12 nitrogen and oxygen atoms in total. The van der Waals surface area contributed by atoms with E-state index in [0.29, 0.717) is 0 Å². The van der Waals surface area contributed by atoms with Gasteiger partial charge in [0.2, 0.25) is 0 Å². The van der Waals surface area contributed by atoms with Crippen LogP contribution in [0.25, 0.3) is 0 Å². The Morgan fingerprint density at radius 3 is 2.35 bits per heavy atom. The van der Waals surface area contributed by atoms with Crippen LogP contribution in [-0.2, 0) is 23.7 Å². The maximum absolute atomic E-state index is 12.3. The number of nitrogens with zero attached hydrogens (tertiary/aromatic N) is 2. The standard InChI is InChI=1S/C19H30N4O8/c1-6-11-28-16(25)22(15-21-23(15)17(26)29-12-7-2)10-8-9-13(20)14(24)30-18(27)31-19(3,4)5/h6-7,13,15,21H,1-2,8-12,20H2,3-5H3/t13-,15?,23?/m0/s1. The zero-order valence-corrected chi connectivity index (χ0v) is 18.0. The molecule has 0 aliphatic carbocycles. The first-order chi connectivity index (χ1) is 14.5. The van der Waals surface area contributed by atoms with Crippen LogP contribution in [0.15, 0.2) is 25.3 Å². The monoisotopic (exact) mass is 442 g/mol. The van der Waals surface area contributed by atoms with Crippen LogP contribution in [0.4, 0.5) is 14.4 Å². The first-order valence-electron chi connectivity index (χ1n) is 9.57. The Labute approximate surface area is 180 Å². The minimum absolute atomic E-state index is 0.0132. The Kier molecular flexibility index (Phi) is 9.96. The quantitative estimate of drug-likeness (QED) is 0.167. The number of rotatable bonds is 10. The number of nitrogens with one attached hydrogen (secondary N) is 1. The maximum atomic E-state index is 12.3. The Balaban J connectivity index is 2.57. The molecule has 2 amide bonds. The van der Waals surface area contributed by atoms with Crippen molar-refractivity contribution in [2.75, 3.05) is 19.8 Å². The molecule has 1 fully saturated rings. The van der Waals surface area contributed by atoms with Crippen LogP contribution in [0, 0.1) is 0 Å². The van der Waals surface area contributed by atoms with Crippen LogP contribution in [0.5, 0.6) is 0 Å². The van der Waals surface area contributed by atoms with Crippen LogP contribution < -0.4 is 11.2 Å². The third-order valence-electron chi connectivity index (χ3n) is 3.60. The first kappa shape index (κ1) is 25.9. The molecule has 0 aromatic carbocycles. The fraction of sp³-hybridized carbons (Fsp3) is 0.579. The zero-order chi connectivity index (χ0) is 23.6. The lowest BCUT2D eigenvalue weighted by atomic mass is 10.1. The van der Waals surface area contributed by atoms with E-state index in [1.807, 2.05) is 0 Å². The van der Waals surface area contributed by atoms with Gasteiger partial charge >= 0.3 is 24.3 Å². The lowest BCUT2D eigenvalue weighted by Gasteiger charge is -2.21. The summed E-state index contributed by atoms with van der Waals surface area (Å²) >= 11 is 0. The highest BCUT2D eigenvalue weighted by Gasteiger charge is 2.46. The van der Waals surface area contributed by atoms with Gasteiger partial charge in [0.05, 0.1) is 0 Å². The van der Waals surface area contributed by atoms with Crippen molar-refractivity contribution < 1.29 is 38.1 Å². The molecule has 1 unspecified atom stereocenters. The third-order valence-corrected chi connectivity index (χ3v) is 3.60. The highest BCUT2D eigenvalue weighted by Crippen LogP contribution is 2.18. The summed E-state index contributed by atoms with van der Waals surface area (Å²) in [7, 11) is 0. The van der Waals surface area contributed by atoms with Crippen molar-refractivity contribution in [2.45, 2.75) is 51.5 Å². The van der Waals surface area contributed by atoms with Gasteiger partial charge in [-0.1, -0.05) is 25.3 Å². The molecule has 0 aromatic rings. The number of hydrogen-bond donors (Lipinski definition) is 2. The molecule has 3 N–H and O–H groups in total. The fourth-order valence-electron chi connectivity index (χ4n) is 2.21. The summed E-state index contributed by atoms with van der Waals surface area (Å²) in [6, 6.07) is -1.11. The van der Waals surface area contributed by atoms with Crippen LogP contribution in [0.2, 0.25) is 0 Å². The van der Waals surface area contributed by atoms with Gasteiger partial charge in [0.25, 0.3) is 0 Å². The zero-order valence-electron chi connectivity index (χ0n) is 18.0. The number of amides is 2. The largest absolute Gasteiger partial charge is 0.516 e. The van der Waals surface area contributed by atoms with Crippen molar-refractivity contribution in [3.8, 4) is 0 Å². The molecular weight excluding hydrogens is 412 g/mol. The molecule has 12 heteroatoms. The second-order valence-electron chi connectivity index (χ2n) is 7.43. The van der Waals surface area contributed by atoms with Crippen LogP contribution >= 0.6 is 0 Å². The Morgan fingerprint density at radius 1 is 1.16 bits per heavy atom. The number of ether oxygens (including phenoxy) is 4. The number of carbonyl (C=O) groups excluding carboxylic acids is 4. The average molecular weight is 442 g/mol. The molecule has 1 rings (SSSR count). The Morgan fingerprint density at radius 2 is 1.77 bits per heavy atom. The van der Waals surface area contributed by atoms with Gasteiger partial charge in [-0.25, -0.2) is 24.2 Å². The molecule has 1 saturated heterocycles. The lowest BCUT2D eigenvalue weighted by Crippen LogP contribution is -2.40. The van der Waals surface area contributed by atoms with Crippen molar-refractivity contribution in [3.05, 3.63) is 25.3 Å². The second-order valence-corrected chi connectivity index (χ2v) is 7.43. The van der Waals surface area contributed by atoms with E-state index in [0.717, 1.165) is 5.01 Å². The second kappa shape index (κ2) is 11.9. The van der Waals surface area contributed by atoms with Gasteiger partial charge in [0.15, 0.2) is 6.29 Å². The summed E-state index contributed by atoms with van der Waals surface area (Å²) in [6.07, 6.45) is -0.162. The summed E-state index contributed by atoms with van der Waals surface area (Å²) in [6.45, 7) is 11.9. The highest BCUT2D eigenvalue weighted by atomic mass is 16.7. The van der Waals surface area contributed by atoms with Gasteiger partial charge in [-0.3, -0.25) is 4.90 Å². The van der Waals surface area contributed by atoms with Crippen molar-refractivity contribution >= 4 is 24.3 Å². The average Bonchev–Trinajstić information content (AvgIpc) is 3.46. The van der Waals surface area contributed by atoms with Crippen molar-refractivity contribution in [3.63, 3.8) is 0 Å². The number of hydrogen-bond acceptors (Lipinski definition) is 10. The van der Waals surface area contributed by atoms with E-state index in [9.17, 15) is 19.2 Å². The summed E-state index contributed by atoms with van der Waals surface area (Å²) < 4.78 is 19.4. The number of esters is 1. The van der Waals surface area contributed by atoms with Gasteiger partial charge in [-0.15, -0.1) is 0 Å². The molecule has 174 valence electrons. The summed E-state index contributed by atoms with van der Waals surface area (Å²) in [4.78, 5) is 48.9. The fourth-order valence-corrected chi connectivity index (χ4v) is 2.21.